The van der Waals surface area contributed by atoms with E-state index < -0.39 is 0 Å². The topological polar surface area (TPSA) is 85.8 Å². The molecular weight excluding hydrogens is 266 g/mol. The summed E-state index contributed by atoms with van der Waals surface area (Å²) in [5, 5.41) is 7.73. The summed E-state index contributed by atoms with van der Waals surface area (Å²) in [7, 11) is 1.83. The van der Waals surface area contributed by atoms with Crippen molar-refractivity contribution in [2.75, 3.05) is 5.73 Å². The van der Waals surface area contributed by atoms with Crippen LogP contribution in [0.5, 0.6) is 0 Å². The van der Waals surface area contributed by atoms with E-state index in [0.717, 1.165) is 11.1 Å². The van der Waals surface area contributed by atoms with E-state index in [9.17, 15) is 4.79 Å². The van der Waals surface area contributed by atoms with Crippen molar-refractivity contribution in [3.8, 4) is 0 Å². The maximum absolute atomic E-state index is 12.4. The Kier molecular flexibility index (Phi) is 3.27. The van der Waals surface area contributed by atoms with Gasteiger partial charge < -0.3 is 11.1 Å². The quantitative estimate of drug-likeness (QED) is 0.761. The molecular formula is C15H15N5O. The fourth-order valence-electron chi connectivity index (χ4n) is 2.22. The lowest BCUT2D eigenvalue weighted by Gasteiger charge is -2.09. The molecule has 0 aliphatic carbocycles. The van der Waals surface area contributed by atoms with Crippen LogP contribution in [-0.2, 0) is 13.6 Å². The number of amides is 1. The van der Waals surface area contributed by atoms with Gasteiger partial charge in [-0.1, -0.05) is 18.2 Å². The van der Waals surface area contributed by atoms with Crippen LogP contribution in [-0.4, -0.2) is 20.7 Å². The Morgan fingerprint density at radius 1 is 1.33 bits per heavy atom. The van der Waals surface area contributed by atoms with Crippen molar-refractivity contribution in [1.29, 1.82) is 0 Å². The Morgan fingerprint density at radius 3 is 2.90 bits per heavy atom. The van der Waals surface area contributed by atoms with E-state index in [4.69, 9.17) is 5.73 Å². The molecule has 6 heteroatoms. The van der Waals surface area contributed by atoms with Crippen LogP contribution >= 0.6 is 0 Å². The standard InChI is InChI=1S/C15H15N5O/c1-20-10(6-7-18-20)9-17-15(21)12-8-14(16)19-13-5-3-2-4-11(12)13/h2-8H,9H2,1H3,(H2,16,19)(H,17,21). The van der Waals surface area contributed by atoms with Crippen LogP contribution in [0.4, 0.5) is 5.82 Å². The number of para-hydroxylation sites is 1. The molecule has 2 heterocycles. The smallest absolute Gasteiger partial charge is 0.252 e. The Labute approximate surface area is 121 Å². The zero-order valence-corrected chi connectivity index (χ0v) is 11.6. The van der Waals surface area contributed by atoms with Crippen molar-refractivity contribution in [1.82, 2.24) is 20.1 Å². The summed E-state index contributed by atoms with van der Waals surface area (Å²) in [6, 6.07) is 10.9. The van der Waals surface area contributed by atoms with E-state index in [1.807, 2.05) is 37.4 Å². The number of carbonyl (C=O) groups is 1. The second kappa shape index (κ2) is 5.24. The lowest BCUT2D eigenvalue weighted by Crippen LogP contribution is -2.24. The summed E-state index contributed by atoms with van der Waals surface area (Å²) in [5.74, 6) is 0.154. The third kappa shape index (κ3) is 2.55. The first-order valence-electron chi connectivity index (χ1n) is 6.55. The summed E-state index contributed by atoms with van der Waals surface area (Å²) in [5.41, 5.74) is 7.94. The summed E-state index contributed by atoms with van der Waals surface area (Å²) < 4.78 is 1.72. The van der Waals surface area contributed by atoms with Gasteiger partial charge in [0, 0.05) is 18.6 Å². The van der Waals surface area contributed by atoms with E-state index >= 15 is 0 Å². The number of aromatic nitrogens is 3. The summed E-state index contributed by atoms with van der Waals surface area (Å²) in [6.45, 7) is 0.409. The van der Waals surface area contributed by atoms with Crippen molar-refractivity contribution in [2.24, 2.45) is 7.05 Å². The van der Waals surface area contributed by atoms with Crippen molar-refractivity contribution >= 4 is 22.6 Å². The van der Waals surface area contributed by atoms with Crippen molar-refractivity contribution < 1.29 is 4.79 Å². The van der Waals surface area contributed by atoms with Crippen molar-refractivity contribution in [3.63, 3.8) is 0 Å². The number of aryl methyl sites for hydroxylation is 1. The second-order valence-electron chi connectivity index (χ2n) is 4.74. The van der Waals surface area contributed by atoms with Gasteiger partial charge in [0.15, 0.2) is 0 Å². The van der Waals surface area contributed by atoms with Gasteiger partial charge in [0.05, 0.1) is 23.3 Å². The molecule has 21 heavy (non-hydrogen) atoms. The van der Waals surface area contributed by atoms with Gasteiger partial charge in [0.2, 0.25) is 0 Å². The minimum absolute atomic E-state index is 0.179. The molecule has 106 valence electrons. The number of nitrogens with two attached hydrogens (primary N) is 1. The lowest BCUT2D eigenvalue weighted by atomic mass is 10.1. The average Bonchev–Trinajstić information content (AvgIpc) is 2.89. The van der Waals surface area contributed by atoms with Gasteiger partial charge in [0.25, 0.3) is 5.91 Å². The molecule has 3 aromatic rings. The maximum Gasteiger partial charge on any atom is 0.252 e. The summed E-state index contributed by atoms with van der Waals surface area (Å²) >= 11 is 0. The molecule has 0 fully saturated rings. The van der Waals surface area contributed by atoms with Crippen LogP contribution in [0.15, 0.2) is 42.6 Å². The van der Waals surface area contributed by atoms with Gasteiger partial charge in [0.1, 0.15) is 5.82 Å². The normalized spacial score (nSPS) is 10.7. The maximum atomic E-state index is 12.4. The van der Waals surface area contributed by atoms with E-state index in [1.54, 1.807) is 16.9 Å². The fraction of sp³-hybridized carbons (Fsp3) is 0.133. The Hall–Kier alpha value is -2.89. The summed E-state index contributed by atoms with van der Waals surface area (Å²) in [6.07, 6.45) is 1.70. The highest BCUT2D eigenvalue weighted by Gasteiger charge is 2.12. The van der Waals surface area contributed by atoms with Gasteiger partial charge in [-0.2, -0.15) is 5.10 Å². The average molecular weight is 281 g/mol. The van der Waals surface area contributed by atoms with E-state index in [-0.39, 0.29) is 5.91 Å². The van der Waals surface area contributed by atoms with Crippen LogP contribution < -0.4 is 11.1 Å². The van der Waals surface area contributed by atoms with Gasteiger partial charge in [-0.25, -0.2) is 4.98 Å². The summed E-state index contributed by atoms with van der Waals surface area (Å²) in [4.78, 5) is 16.6. The van der Waals surface area contributed by atoms with Gasteiger partial charge in [-0.05, 0) is 18.2 Å². The number of nitrogen functional groups attached to an aromatic ring is 1. The number of benzene rings is 1. The SMILES string of the molecule is Cn1nccc1CNC(=O)c1cc(N)nc2ccccc12. The number of hydrogen-bond donors (Lipinski definition) is 2. The molecule has 3 N–H and O–H groups in total. The number of anilines is 1. The highest BCUT2D eigenvalue weighted by Crippen LogP contribution is 2.19. The number of nitrogens with zero attached hydrogens (tertiary/aromatic N) is 3. The fourth-order valence-corrected chi connectivity index (χ4v) is 2.22. The van der Waals surface area contributed by atoms with Gasteiger partial charge in [-0.3, -0.25) is 9.48 Å². The molecule has 0 spiro atoms. The lowest BCUT2D eigenvalue weighted by molar-refractivity contribution is 0.0951. The number of fused-ring (bicyclic) bond motifs is 1. The van der Waals surface area contributed by atoms with E-state index in [0.29, 0.717) is 23.4 Å². The molecule has 2 aromatic heterocycles. The van der Waals surface area contributed by atoms with Crippen LogP contribution in [0.1, 0.15) is 16.1 Å². The van der Waals surface area contributed by atoms with E-state index in [2.05, 4.69) is 15.4 Å². The molecule has 3 rings (SSSR count). The number of pyridine rings is 1. The van der Waals surface area contributed by atoms with Crippen LogP contribution in [0.2, 0.25) is 0 Å². The first-order valence-corrected chi connectivity index (χ1v) is 6.55. The number of rotatable bonds is 3. The zero-order chi connectivity index (χ0) is 14.8. The van der Waals surface area contributed by atoms with Crippen LogP contribution in [0.25, 0.3) is 10.9 Å². The molecule has 1 aromatic carbocycles. The third-order valence-electron chi connectivity index (χ3n) is 3.33. The Balaban J connectivity index is 1.89. The van der Waals surface area contributed by atoms with Gasteiger partial charge >= 0.3 is 0 Å². The Bertz CT molecular complexity index is 809. The van der Waals surface area contributed by atoms with Gasteiger partial charge in [-0.15, -0.1) is 0 Å². The number of nitrogens with one attached hydrogen (secondary N) is 1. The zero-order valence-electron chi connectivity index (χ0n) is 11.6. The Morgan fingerprint density at radius 2 is 2.14 bits per heavy atom. The number of carbonyl (C=O) groups excluding carboxylic acids is 1. The third-order valence-corrected chi connectivity index (χ3v) is 3.33. The van der Waals surface area contributed by atoms with Crippen LogP contribution in [0, 0.1) is 0 Å². The minimum atomic E-state index is -0.179. The highest BCUT2D eigenvalue weighted by molar-refractivity contribution is 6.06. The molecule has 0 atom stereocenters. The minimum Gasteiger partial charge on any atom is -0.384 e. The van der Waals surface area contributed by atoms with E-state index in [1.165, 1.54) is 0 Å². The number of hydrogen-bond acceptors (Lipinski definition) is 4. The van der Waals surface area contributed by atoms with Crippen molar-refractivity contribution in [2.45, 2.75) is 6.54 Å². The predicted molar refractivity (Wildman–Crippen MR) is 80.5 cm³/mol. The monoisotopic (exact) mass is 281 g/mol. The molecule has 0 saturated carbocycles. The first kappa shape index (κ1) is 13.1. The highest BCUT2D eigenvalue weighted by atomic mass is 16.1. The molecule has 0 radical (unpaired) electrons. The largest absolute Gasteiger partial charge is 0.384 e. The first-order chi connectivity index (χ1) is 10.1. The van der Waals surface area contributed by atoms with Crippen LogP contribution in [0.3, 0.4) is 0 Å². The molecule has 0 saturated heterocycles. The van der Waals surface area contributed by atoms with Crippen molar-refractivity contribution in [3.05, 3.63) is 53.9 Å². The molecule has 1 amide bonds. The molecule has 6 nitrogen and oxygen atoms in total. The molecule has 0 aliphatic heterocycles. The molecule has 0 bridgehead atoms. The predicted octanol–water partition coefficient (Wildman–Crippen LogP) is 1.48. The second-order valence-corrected chi connectivity index (χ2v) is 4.74. The molecule has 0 unspecified atom stereocenters. The molecule has 0 aliphatic rings.